The van der Waals surface area contributed by atoms with Crippen molar-refractivity contribution in [2.24, 2.45) is 5.92 Å². The number of hydrogen-bond donors (Lipinski definition) is 1. The van der Waals surface area contributed by atoms with Gasteiger partial charge >= 0.3 is 0 Å². The van der Waals surface area contributed by atoms with E-state index in [1.54, 1.807) is 6.92 Å². The molecule has 2 fully saturated rings. The first-order valence-electron chi connectivity index (χ1n) is 13.8. The van der Waals surface area contributed by atoms with Crippen LogP contribution in [0.15, 0.2) is 84.9 Å². The molecule has 0 radical (unpaired) electrons. The second kappa shape index (κ2) is 10.7. The molecule has 38 heavy (non-hydrogen) atoms. The number of carbonyl (C=O) groups excluding carboxylic acids is 2. The molecule has 1 saturated carbocycles. The van der Waals surface area contributed by atoms with Crippen molar-refractivity contribution in [3.63, 3.8) is 0 Å². The van der Waals surface area contributed by atoms with E-state index in [-0.39, 0.29) is 23.3 Å². The van der Waals surface area contributed by atoms with Crippen LogP contribution < -0.4 is 5.32 Å². The summed E-state index contributed by atoms with van der Waals surface area (Å²) in [6.07, 6.45) is 2.60. The molecule has 0 bridgehead atoms. The normalized spacial score (nSPS) is 22.4. The molecule has 0 spiro atoms. The molecular formula is C33H39N3O2. The van der Waals surface area contributed by atoms with Crippen LogP contribution in [0.1, 0.15) is 48.4 Å². The average molecular weight is 510 g/mol. The smallest absolute Gasteiger partial charge is 0.233 e. The molecule has 3 aromatic rings. The van der Waals surface area contributed by atoms with E-state index in [0.29, 0.717) is 6.54 Å². The van der Waals surface area contributed by atoms with Crippen molar-refractivity contribution in [2.75, 3.05) is 26.7 Å². The van der Waals surface area contributed by atoms with Crippen molar-refractivity contribution >= 4 is 11.8 Å². The van der Waals surface area contributed by atoms with Gasteiger partial charge in [0.15, 0.2) is 0 Å². The number of benzene rings is 3. The van der Waals surface area contributed by atoms with Gasteiger partial charge in [-0.05, 0) is 48.8 Å². The number of nitrogens with one attached hydrogen (secondary N) is 1. The van der Waals surface area contributed by atoms with E-state index in [9.17, 15) is 9.59 Å². The molecule has 3 aromatic carbocycles. The van der Waals surface area contributed by atoms with E-state index in [4.69, 9.17) is 0 Å². The van der Waals surface area contributed by atoms with E-state index in [1.165, 1.54) is 11.1 Å². The maximum Gasteiger partial charge on any atom is 0.233 e. The maximum absolute atomic E-state index is 14.1. The van der Waals surface area contributed by atoms with Crippen LogP contribution in [0.4, 0.5) is 0 Å². The van der Waals surface area contributed by atoms with Gasteiger partial charge in [0.05, 0.1) is 11.0 Å². The number of aryl methyl sites for hydroxylation is 1. The van der Waals surface area contributed by atoms with Gasteiger partial charge in [-0.25, -0.2) is 0 Å². The Morgan fingerprint density at radius 3 is 2.18 bits per heavy atom. The summed E-state index contributed by atoms with van der Waals surface area (Å²) in [6.45, 7) is 6.99. The van der Waals surface area contributed by atoms with E-state index >= 15 is 0 Å². The van der Waals surface area contributed by atoms with Crippen LogP contribution in [0.25, 0.3) is 0 Å². The minimum Gasteiger partial charge on any atom is -0.347 e. The summed E-state index contributed by atoms with van der Waals surface area (Å²) >= 11 is 0. The van der Waals surface area contributed by atoms with Crippen LogP contribution >= 0.6 is 0 Å². The highest BCUT2D eigenvalue weighted by Crippen LogP contribution is 2.56. The lowest BCUT2D eigenvalue weighted by Crippen LogP contribution is -2.53. The third kappa shape index (κ3) is 5.25. The quantitative estimate of drug-likeness (QED) is 0.463. The standard InChI is InChI=1S/C33H39N3O2/c1-25-11-10-16-29(21-25)33(31(38)35(3)23-27-12-6-4-7-13-27)22-30(33)24-36-19-17-32(18-20-36,34-26(2)37)28-14-8-5-9-15-28/h4-16,21,30H,17-20,22-24H2,1-3H3,(H,34,37)/t30-,33?/m0/s1. The Morgan fingerprint density at radius 1 is 0.921 bits per heavy atom. The first kappa shape index (κ1) is 26.2. The fourth-order valence-corrected chi connectivity index (χ4v) is 6.49. The highest BCUT2D eigenvalue weighted by atomic mass is 16.2. The molecule has 198 valence electrons. The molecule has 1 saturated heterocycles. The number of piperidine rings is 1. The van der Waals surface area contributed by atoms with Gasteiger partial charge in [0.2, 0.25) is 11.8 Å². The lowest BCUT2D eigenvalue weighted by molar-refractivity contribution is -0.133. The van der Waals surface area contributed by atoms with Crippen LogP contribution in [0.2, 0.25) is 0 Å². The highest BCUT2D eigenvalue weighted by Gasteiger charge is 2.62. The summed E-state index contributed by atoms with van der Waals surface area (Å²) in [4.78, 5) is 30.6. The van der Waals surface area contributed by atoms with Crippen LogP contribution in [0.3, 0.4) is 0 Å². The lowest BCUT2D eigenvalue weighted by atomic mass is 9.80. The molecule has 5 rings (SSSR count). The molecule has 1 heterocycles. The second-order valence-electron chi connectivity index (χ2n) is 11.3. The SMILES string of the molecule is CC(=O)NC1(c2ccccc2)CCN(C[C@@H]2CC2(C(=O)N(C)Cc2ccccc2)c2cccc(C)c2)CC1. The van der Waals surface area contributed by atoms with Crippen molar-refractivity contribution in [1.82, 2.24) is 15.1 Å². The van der Waals surface area contributed by atoms with Gasteiger partial charge in [-0.15, -0.1) is 0 Å². The molecule has 2 aliphatic rings. The van der Waals surface area contributed by atoms with Gasteiger partial charge in [0.1, 0.15) is 0 Å². The van der Waals surface area contributed by atoms with Gasteiger partial charge in [-0.1, -0.05) is 90.5 Å². The maximum atomic E-state index is 14.1. The largest absolute Gasteiger partial charge is 0.347 e. The predicted octanol–water partition coefficient (Wildman–Crippen LogP) is 5.04. The predicted molar refractivity (Wildman–Crippen MR) is 151 cm³/mol. The summed E-state index contributed by atoms with van der Waals surface area (Å²) in [7, 11) is 1.94. The number of nitrogens with zero attached hydrogens (tertiary/aromatic N) is 2. The Bertz CT molecular complexity index is 1270. The van der Waals surface area contributed by atoms with Crippen molar-refractivity contribution < 1.29 is 9.59 Å². The zero-order chi connectivity index (χ0) is 26.8. The Balaban J connectivity index is 1.32. The molecule has 1 N–H and O–H groups in total. The van der Waals surface area contributed by atoms with Crippen LogP contribution in [-0.4, -0.2) is 48.3 Å². The summed E-state index contributed by atoms with van der Waals surface area (Å²) in [6, 6.07) is 29.1. The van der Waals surface area contributed by atoms with Crippen LogP contribution in [0, 0.1) is 12.8 Å². The van der Waals surface area contributed by atoms with Gasteiger partial charge in [0, 0.05) is 40.2 Å². The zero-order valence-electron chi connectivity index (χ0n) is 22.8. The van der Waals surface area contributed by atoms with E-state index < -0.39 is 5.41 Å². The molecule has 5 heteroatoms. The topological polar surface area (TPSA) is 52.7 Å². The van der Waals surface area contributed by atoms with Gasteiger partial charge in [-0.3, -0.25) is 9.59 Å². The number of carbonyl (C=O) groups is 2. The Hall–Kier alpha value is -3.44. The lowest BCUT2D eigenvalue weighted by Gasteiger charge is -2.43. The number of rotatable bonds is 8. The van der Waals surface area contributed by atoms with E-state index in [1.807, 2.05) is 48.3 Å². The summed E-state index contributed by atoms with van der Waals surface area (Å²) in [5.41, 5.74) is 3.85. The highest BCUT2D eigenvalue weighted by molar-refractivity contribution is 5.92. The third-order valence-electron chi connectivity index (χ3n) is 8.56. The molecule has 1 unspecified atom stereocenters. The zero-order valence-corrected chi connectivity index (χ0v) is 22.8. The monoisotopic (exact) mass is 509 g/mol. The van der Waals surface area contributed by atoms with Crippen LogP contribution in [0.5, 0.6) is 0 Å². The average Bonchev–Trinajstić information content (AvgIpc) is 3.65. The number of hydrogen-bond acceptors (Lipinski definition) is 3. The fourth-order valence-electron chi connectivity index (χ4n) is 6.49. The molecule has 2 amide bonds. The van der Waals surface area contributed by atoms with Gasteiger partial charge < -0.3 is 15.1 Å². The second-order valence-corrected chi connectivity index (χ2v) is 11.3. The first-order chi connectivity index (χ1) is 18.3. The molecule has 1 aliphatic heterocycles. The molecule has 0 aromatic heterocycles. The van der Waals surface area contributed by atoms with Gasteiger partial charge in [-0.2, -0.15) is 0 Å². The molecule has 5 nitrogen and oxygen atoms in total. The number of likely N-dealkylation sites (tertiary alicyclic amines) is 1. The number of likely N-dealkylation sites (N-methyl/N-ethyl adjacent to an activating group) is 1. The molecular weight excluding hydrogens is 470 g/mol. The minimum atomic E-state index is -0.471. The van der Waals surface area contributed by atoms with Gasteiger partial charge in [0.25, 0.3) is 0 Å². The summed E-state index contributed by atoms with van der Waals surface area (Å²) < 4.78 is 0. The van der Waals surface area contributed by atoms with Crippen molar-refractivity contribution in [3.8, 4) is 0 Å². The van der Waals surface area contributed by atoms with Crippen molar-refractivity contribution in [3.05, 3.63) is 107 Å². The molecule has 2 atom stereocenters. The Labute approximate surface area is 226 Å². The fraction of sp³-hybridized carbons (Fsp3) is 0.394. The Morgan fingerprint density at radius 2 is 1.55 bits per heavy atom. The van der Waals surface area contributed by atoms with Crippen molar-refractivity contribution in [2.45, 2.75) is 50.6 Å². The summed E-state index contributed by atoms with van der Waals surface area (Å²) in [5, 5.41) is 3.28. The minimum absolute atomic E-state index is 0.00927. The van der Waals surface area contributed by atoms with E-state index in [2.05, 4.69) is 65.7 Å². The molecule has 1 aliphatic carbocycles. The third-order valence-corrected chi connectivity index (χ3v) is 8.56. The van der Waals surface area contributed by atoms with E-state index in [0.717, 1.165) is 50.0 Å². The first-order valence-corrected chi connectivity index (χ1v) is 13.8. The number of amides is 2. The van der Waals surface area contributed by atoms with Crippen molar-refractivity contribution in [1.29, 1.82) is 0 Å². The summed E-state index contributed by atoms with van der Waals surface area (Å²) in [5.74, 6) is 0.501. The van der Waals surface area contributed by atoms with Crippen LogP contribution in [-0.2, 0) is 27.1 Å². The Kier molecular flexibility index (Phi) is 7.40.